The number of hydrogen-bond acceptors (Lipinski definition) is 5. The Hall–Kier alpha value is -2.19. The maximum Gasteiger partial charge on any atom is 0.309 e. The molecule has 7 nitrogen and oxygen atoms in total. The van der Waals surface area contributed by atoms with E-state index in [-0.39, 0.29) is 23.4 Å². The molecule has 8 heteroatoms. The number of nitrogens with zero attached hydrogens (tertiary/aromatic N) is 1. The number of anilines is 1. The molecule has 1 fully saturated rings. The van der Waals surface area contributed by atoms with Crippen LogP contribution < -0.4 is 5.32 Å². The number of nitrogens with one attached hydrogen (secondary N) is 1. The first-order valence-electron chi connectivity index (χ1n) is 9.18. The first kappa shape index (κ1) is 19.6. The molecular weight excluding hydrogens is 368 g/mol. The lowest BCUT2D eigenvalue weighted by atomic mass is 9.95. The Bertz CT molecular complexity index is 811. The van der Waals surface area contributed by atoms with E-state index < -0.39 is 15.9 Å². The second kappa shape index (κ2) is 8.67. The van der Waals surface area contributed by atoms with Gasteiger partial charge >= 0.3 is 5.97 Å². The number of sulfonamides is 1. The van der Waals surface area contributed by atoms with E-state index in [1.165, 1.54) is 28.6 Å². The Balaban J connectivity index is 1.51. The van der Waals surface area contributed by atoms with Crippen molar-refractivity contribution in [3.8, 4) is 0 Å². The van der Waals surface area contributed by atoms with Crippen molar-refractivity contribution in [3.63, 3.8) is 0 Å². The van der Waals surface area contributed by atoms with Crippen molar-refractivity contribution in [2.24, 2.45) is 5.92 Å². The van der Waals surface area contributed by atoms with Crippen molar-refractivity contribution in [3.05, 3.63) is 36.4 Å². The third kappa shape index (κ3) is 4.95. The van der Waals surface area contributed by atoms with Gasteiger partial charge in [-0.3, -0.25) is 9.59 Å². The smallest absolute Gasteiger partial charge is 0.309 e. The molecule has 2 aliphatic rings. The Morgan fingerprint density at radius 3 is 2.44 bits per heavy atom. The van der Waals surface area contributed by atoms with Crippen LogP contribution in [0.4, 0.5) is 5.69 Å². The van der Waals surface area contributed by atoms with E-state index in [4.69, 9.17) is 4.74 Å². The molecule has 1 aliphatic carbocycles. The van der Waals surface area contributed by atoms with E-state index >= 15 is 0 Å². The zero-order valence-corrected chi connectivity index (χ0v) is 15.9. The topological polar surface area (TPSA) is 92.8 Å². The summed E-state index contributed by atoms with van der Waals surface area (Å²) in [5, 5.41) is 2.61. The number of carbonyl (C=O) groups is 2. The SMILES string of the molecule is O=C(COC(=O)[C@H]1CC=CCC1)Nc1ccc(S(=O)(=O)N2CCCC2)cc1. The molecule has 0 bridgehead atoms. The second-order valence-electron chi connectivity index (χ2n) is 6.77. The number of benzene rings is 1. The highest BCUT2D eigenvalue weighted by Gasteiger charge is 2.27. The minimum absolute atomic E-state index is 0.183. The largest absolute Gasteiger partial charge is 0.455 e. The summed E-state index contributed by atoms with van der Waals surface area (Å²) in [4.78, 5) is 24.1. The van der Waals surface area contributed by atoms with Crippen LogP contribution in [0.25, 0.3) is 0 Å². The summed E-state index contributed by atoms with van der Waals surface area (Å²) in [6, 6.07) is 6.02. The van der Waals surface area contributed by atoms with Crippen LogP contribution >= 0.6 is 0 Å². The Kier molecular flexibility index (Phi) is 6.28. The van der Waals surface area contributed by atoms with Gasteiger partial charge in [0.1, 0.15) is 0 Å². The molecule has 1 atom stereocenters. The first-order chi connectivity index (χ1) is 13.0. The molecule has 146 valence electrons. The van der Waals surface area contributed by atoms with E-state index in [9.17, 15) is 18.0 Å². The molecule has 0 unspecified atom stereocenters. The molecule has 1 aromatic carbocycles. The number of amides is 1. The average Bonchev–Trinajstić information content (AvgIpc) is 3.23. The van der Waals surface area contributed by atoms with E-state index in [0.29, 0.717) is 25.2 Å². The molecule has 1 N–H and O–H groups in total. The molecule has 0 radical (unpaired) electrons. The van der Waals surface area contributed by atoms with Crippen molar-refractivity contribution in [1.29, 1.82) is 0 Å². The number of ether oxygens (including phenoxy) is 1. The van der Waals surface area contributed by atoms with Crippen LogP contribution in [-0.4, -0.2) is 44.3 Å². The van der Waals surface area contributed by atoms with Crippen molar-refractivity contribution < 1.29 is 22.7 Å². The number of allylic oxidation sites excluding steroid dienone is 2. The van der Waals surface area contributed by atoms with Crippen LogP contribution in [-0.2, 0) is 24.3 Å². The minimum atomic E-state index is -3.47. The molecule has 1 amide bonds. The summed E-state index contributed by atoms with van der Waals surface area (Å²) in [5.74, 6) is -0.996. The van der Waals surface area contributed by atoms with Crippen LogP contribution in [0.2, 0.25) is 0 Å². The van der Waals surface area contributed by atoms with Crippen LogP contribution in [0.1, 0.15) is 32.1 Å². The van der Waals surface area contributed by atoms with Crippen molar-refractivity contribution in [1.82, 2.24) is 4.31 Å². The van der Waals surface area contributed by atoms with Gasteiger partial charge in [0.05, 0.1) is 10.8 Å². The predicted molar refractivity (Wildman–Crippen MR) is 101 cm³/mol. The molecule has 0 saturated carbocycles. The number of hydrogen-bond donors (Lipinski definition) is 1. The zero-order chi connectivity index (χ0) is 19.3. The van der Waals surface area contributed by atoms with E-state index in [0.717, 1.165) is 25.7 Å². The van der Waals surface area contributed by atoms with Gasteiger partial charge in [-0.05, 0) is 56.4 Å². The summed E-state index contributed by atoms with van der Waals surface area (Å²) in [5.41, 5.74) is 0.456. The lowest BCUT2D eigenvalue weighted by Crippen LogP contribution is -2.28. The second-order valence-corrected chi connectivity index (χ2v) is 8.71. The van der Waals surface area contributed by atoms with Gasteiger partial charge in [0.2, 0.25) is 10.0 Å². The Morgan fingerprint density at radius 2 is 1.81 bits per heavy atom. The van der Waals surface area contributed by atoms with E-state index in [2.05, 4.69) is 5.32 Å². The Morgan fingerprint density at radius 1 is 1.11 bits per heavy atom. The molecule has 3 rings (SSSR count). The van der Waals surface area contributed by atoms with Gasteiger partial charge in [-0.15, -0.1) is 0 Å². The standard InChI is InChI=1S/C19H24N2O5S/c22-18(14-26-19(23)15-6-2-1-3-7-15)20-16-8-10-17(11-9-16)27(24,25)21-12-4-5-13-21/h1-2,8-11,15H,3-7,12-14H2,(H,20,22)/t15-/m0/s1. The third-order valence-corrected chi connectivity index (χ3v) is 6.70. The predicted octanol–water partition coefficient (Wildman–Crippen LogP) is 2.31. The van der Waals surface area contributed by atoms with Crippen molar-refractivity contribution in [2.75, 3.05) is 25.0 Å². The molecular formula is C19H24N2O5S. The summed E-state index contributed by atoms with van der Waals surface area (Å²) >= 11 is 0. The molecule has 1 aliphatic heterocycles. The molecule has 1 saturated heterocycles. The normalized spacial score (nSPS) is 20.4. The maximum atomic E-state index is 12.5. The van der Waals surface area contributed by atoms with E-state index in [1.807, 2.05) is 12.2 Å². The van der Waals surface area contributed by atoms with Gasteiger partial charge < -0.3 is 10.1 Å². The van der Waals surface area contributed by atoms with Gasteiger partial charge in [-0.25, -0.2) is 8.42 Å². The zero-order valence-electron chi connectivity index (χ0n) is 15.1. The highest BCUT2D eigenvalue weighted by Crippen LogP contribution is 2.22. The molecule has 1 heterocycles. The monoisotopic (exact) mass is 392 g/mol. The first-order valence-corrected chi connectivity index (χ1v) is 10.6. The fourth-order valence-corrected chi connectivity index (χ4v) is 4.76. The van der Waals surface area contributed by atoms with Gasteiger partial charge in [-0.2, -0.15) is 4.31 Å². The van der Waals surface area contributed by atoms with Gasteiger partial charge in [-0.1, -0.05) is 12.2 Å². The van der Waals surface area contributed by atoms with Gasteiger partial charge in [0.15, 0.2) is 6.61 Å². The lowest BCUT2D eigenvalue weighted by Gasteiger charge is -2.16. The van der Waals surface area contributed by atoms with Crippen molar-refractivity contribution >= 4 is 27.6 Å². The minimum Gasteiger partial charge on any atom is -0.455 e. The van der Waals surface area contributed by atoms with Crippen LogP contribution in [0.5, 0.6) is 0 Å². The molecule has 27 heavy (non-hydrogen) atoms. The Labute approximate surface area is 159 Å². The number of carbonyl (C=O) groups excluding carboxylic acids is 2. The van der Waals surface area contributed by atoms with Gasteiger partial charge in [0.25, 0.3) is 5.91 Å². The molecule has 0 spiro atoms. The lowest BCUT2D eigenvalue weighted by molar-refractivity contribution is -0.151. The quantitative estimate of drug-likeness (QED) is 0.592. The average molecular weight is 392 g/mol. The van der Waals surface area contributed by atoms with Crippen molar-refractivity contribution in [2.45, 2.75) is 37.0 Å². The number of rotatable bonds is 6. The number of esters is 1. The summed E-state index contributed by atoms with van der Waals surface area (Å²) < 4.78 is 31.5. The third-order valence-electron chi connectivity index (χ3n) is 4.79. The molecule has 1 aromatic rings. The summed E-state index contributed by atoms with van der Waals surface area (Å²) in [6.45, 7) is 0.735. The van der Waals surface area contributed by atoms with Crippen LogP contribution in [0, 0.1) is 5.92 Å². The highest BCUT2D eigenvalue weighted by atomic mass is 32.2. The van der Waals surface area contributed by atoms with Crippen LogP contribution in [0.3, 0.4) is 0 Å². The van der Waals surface area contributed by atoms with Crippen LogP contribution in [0.15, 0.2) is 41.3 Å². The molecule has 0 aromatic heterocycles. The summed E-state index contributed by atoms with van der Waals surface area (Å²) in [6.07, 6.45) is 7.97. The summed E-state index contributed by atoms with van der Waals surface area (Å²) in [7, 11) is -3.47. The van der Waals surface area contributed by atoms with E-state index in [1.54, 1.807) is 0 Å². The fraction of sp³-hybridized carbons (Fsp3) is 0.474. The van der Waals surface area contributed by atoms with Gasteiger partial charge in [0, 0.05) is 18.8 Å². The fourth-order valence-electron chi connectivity index (χ4n) is 3.25. The highest BCUT2D eigenvalue weighted by molar-refractivity contribution is 7.89. The maximum absolute atomic E-state index is 12.5.